The summed E-state index contributed by atoms with van der Waals surface area (Å²) < 4.78 is 40.4. The van der Waals surface area contributed by atoms with Crippen LogP contribution in [0.4, 0.5) is 10.1 Å². The predicted octanol–water partition coefficient (Wildman–Crippen LogP) is 3.80. The Bertz CT molecular complexity index is 872. The molecule has 0 saturated heterocycles. The average Bonchev–Trinajstić information content (AvgIpc) is 2.51. The summed E-state index contributed by atoms with van der Waals surface area (Å²) in [5, 5.41) is 9.62. The molecular formula is C15H12Cl2FNO4S. The lowest BCUT2D eigenvalue weighted by Crippen LogP contribution is -2.43. The van der Waals surface area contributed by atoms with Gasteiger partial charge >= 0.3 is 5.97 Å². The molecule has 2 aromatic carbocycles. The number of carbonyl (C=O) groups is 1. The number of anilines is 1. The molecule has 0 aliphatic carbocycles. The minimum Gasteiger partial charge on any atom is -0.480 e. The van der Waals surface area contributed by atoms with Crippen molar-refractivity contribution in [3.8, 4) is 0 Å². The monoisotopic (exact) mass is 391 g/mol. The summed E-state index contributed by atoms with van der Waals surface area (Å²) >= 11 is 11.5. The minimum atomic E-state index is -4.36. The third-order valence-electron chi connectivity index (χ3n) is 3.23. The van der Waals surface area contributed by atoms with Crippen LogP contribution in [0.25, 0.3) is 0 Å². The third kappa shape index (κ3) is 3.63. The maximum Gasteiger partial charge on any atom is 0.327 e. The first-order valence-corrected chi connectivity index (χ1v) is 8.82. The van der Waals surface area contributed by atoms with Crippen molar-refractivity contribution in [3.63, 3.8) is 0 Å². The van der Waals surface area contributed by atoms with Crippen LogP contribution in [-0.4, -0.2) is 25.5 Å². The number of carboxylic acids is 1. The molecule has 24 heavy (non-hydrogen) atoms. The molecule has 0 spiro atoms. The second-order valence-corrected chi connectivity index (χ2v) is 7.55. The van der Waals surface area contributed by atoms with Gasteiger partial charge in [-0.05, 0) is 49.4 Å². The van der Waals surface area contributed by atoms with Crippen LogP contribution >= 0.6 is 23.2 Å². The lowest BCUT2D eigenvalue weighted by atomic mass is 10.2. The van der Waals surface area contributed by atoms with E-state index in [9.17, 15) is 22.7 Å². The Morgan fingerprint density at radius 1 is 1.12 bits per heavy atom. The number of carboxylic acid groups (broad SMARTS) is 1. The van der Waals surface area contributed by atoms with E-state index in [0.29, 0.717) is 9.33 Å². The fourth-order valence-electron chi connectivity index (χ4n) is 2.02. The number of halogens is 3. The van der Waals surface area contributed by atoms with Gasteiger partial charge in [-0.25, -0.2) is 21.9 Å². The van der Waals surface area contributed by atoms with Crippen molar-refractivity contribution in [3.05, 3.63) is 58.3 Å². The molecule has 0 amide bonds. The third-order valence-corrected chi connectivity index (χ3v) is 5.61. The Balaban J connectivity index is 2.68. The van der Waals surface area contributed by atoms with Crippen LogP contribution in [0.5, 0.6) is 0 Å². The Hall–Kier alpha value is -1.83. The van der Waals surface area contributed by atoms with Gasteiger partial charge in [0.2, 0.25) is 0 Å². The maximum atomic E-state index is 14.2. The van der Waals surface area contributed by atoms with Gasteiger partial charge in [0.1, 0.15) is 11.9 Å². The molecule has 128 valence electrons. The van der Waals surface area contributed by atoms with Crippen LogP contribution in [0.3, 0.4) is 0 Å². The summed E-state index contributed by atoms with van der Waals surface area (Å²) in [6, 6.07) is 6.81. The summed E-state index contributed by atoms with van der Waals surface area (Å²) in [6.07, 6.45) is 0. The van der Waals surface area contributed by atoms with E-state index in [-0.39, 0.29) is 9.92 Å². The lowest BCUT2D eigenvalue weighted by Gasteiger charge is -2.28. The van der Waals surface area contributed by atoms with E-state index in [1.165, 1.54) is 30.3 Å². The average molecular weight is 392 g/mol. The molecule has 0 saturated carbocycles. The first-order chi connectivity index (χ1) is 11.1. The van der Waals surface area contributed by atoms with Crippen molar-refractivity contribution in [2.45, 2.75) is 17.9 Å². The normalized spacial score (nSPS) is 12.7. The number of hydrogen-bond donors (Lipinski definition) is 1. The quantitative estimate of drug-likeness (QED) is 0.840. The van der Waals surface area contributed by atoms with Crippen molar-refractivity contribution in [1.29, 1.82) is 0 Å². The van der Waals surface area contributed by atoms with Gasteiger partial charge < -0.3 is 5.11 Å². The molecule has 2 rings (SSSR count). The van der Waals surface area contributed by atoms with E-state index >= 15 is 0 Å². The van der Waals surface area contributed by atoms with Gasteiger partial charge in [-0.15, -0.1) is 0 Å². The summed E-state index contributed by atoms with van der Waals surface area (Å²) in [6.45, 7) is 1.14. The van der Waals surface area contributed by atoms with Gasteiger partial charge in [-0.3, -0.25) is 0 Å². The molecule has 0 aliphatic heterocycles. The van der Waals surface area contributed by atoms with Gasteiger partial charge in [0, 0.05) is 10.0 Å². The zero-order valence-electron chi connectivity index (χ0n) is 12.3. The molecule has 9 heteroatoms. The van der Waals surface area contributed by atoms with Crippen LogP contribution in [-0.2, 0) is 14.8 Å². The standard InChI is InChI=1S/C15H12Cl2FNO4S/c1-9(15(20)21)19(14-8-11(17)4-7-13(14)18)24(22,23)12-5-2-10(16)3-6-12/h2-9H,1H3,(H,20,21). The zero-order valence-corrected chi connectivity index (χ0v) is 14.6. The summed E-state index contributed by atoms with van der Waals surface area (Å²) in [5.41, 5.74) is -0.452. The van der Waals surface area contributed by atoms with E-state index in [4.69, 9.17) is 23.2 Å². The number of hydrogen-bond acceptors (Lipinski definition) is 3. The first-order valence-electron chi connectivity index (χ1n) is 6.62. The van der Waals surface area contributed by atoms with Crippen molar-refractivity contribution >= 4 is 44.9 Å². The van der Waals surface area contributed by atoms with Crippen molar-refractivity contribution in [2.75, 3.05) is 4.31 Å². The van der Waals surface area contributed by atoms with Crippen molar-refractivity contribution < 1.29 is 22.7 Å². The summed E-state index contributed by atoms with van der Waals surface area (Å²) in [7, 11) is -4.36. The number of nitrogens with zero attached hydrogens (tertiary/aromatic N) is 1. The number of sulfonamides is 1. The topological polar surface area (TPSA) is 74.7 Å². The fraction of sp³-hybridized carbons (Fsp3) is 0.133. The molecule has 0 bridgehead atoms. The van der Waals surface area contributed by atoms with Gasteiger partial charge in [0.15, 0.2) is 0 Å². The van der Waals surface area contributed by atoms with Crippen LogP contribution in [0.15, 0.2) is 47.4 Å². The van der Waals surface area contributed by atoms with Gasteiger partial charge in [-0.2, -0.15) is 0 Å². The molecular weight excluding hydrogens is 380 g/mol. The van der Waals surface area contributed by atoms with E-state index in [2.05, 4.69) is 0 Å². The largest absolute Gasteiger partial charge is 0.480 e. The molecule has 0 fully saturated rings. The number of rotatable bonds is 5. The second kappa shape index (κ2) is 6.96. The van der Waals surface area contributed by atoms with E-state index < -0.39 is 33.5 Å². The Morgan fingerprint density at radius 2 is 1.67 bits per heavy atom. The summed E-state index contributed by atoms with van der Waals surface area (Å²) in [4.78, 5) is 11.1. The smallest absolute Gasteiger partial charge is 0.327 e. The highest BCUT2D eigenvalue weighted by Gasteiger charge is 2.35. The highest BCUT2D eigenvalue weighted by molar-refractivity contribution is 7.93. The Morgan fingerprint density at radius 3 is 2.21 bits per heavy atom. The molecule has 1 N–H and O–H groups in total. The minimum absolute atomic E-state index is 0.0697. The molecule has 0 aliphatic rings. The van der Waals surface area contributed by atoms with Crippen LogP contribution in [0.2, 0.25) is 10.0 Å². The SMILES string of the molecule is CC(C(=O)O)N(c1cc(Cl)ccc1F)S(=O)(=O)c1ccc(Cl)cc1. The van der Waals surface area contributed by atoms with Gasteiger partial charge in [0.05, 0.1) is 10.6 Å². The molecule has 5 nitrogen and oxygen atoms in total. The first kappa shape index (κ1) is 18.5. The Labute approximate surface area is 148 Å². The molecule has 2 aromatic rings. The van der Waals surface area contributed by atoms with Crippen LogP contribution < -0.4 is 4.31 Å². The maximum absolute atomic E-state index is 14.2. The number of aliphatic carboxylic acids is 1. The van der Waals surface area contributed by atoms with Crippen molar-refractivity contribution in [2.24, 2.45) is 0 Å². The predicted molar refractivity (Wildman–Crippen MR) is 89.6 cm³/mol. The van der Waals surface area contributed by atoms with Gasteiger partial charge in [-0.1, -0.05) is 23.2 Å². The zero-order chi connectivity index (χ0) is 18.1. The number of benzene rings is 2. The molecule has 1 atom stereocenters. The van der Waals surface area contributed by atoms with Crippen LogP contribution in [0.1, 0.15) is 6.92 Å². The highest BCUT2D eigenvalue weighted by atomic mass is 35.5. The van der Waals surface area contributed by atoms with Crippen molar-refractivity contribution in [1.82, 2.24) is 0 Å². The molecule has 0 aromatic heterocycles. The fourth-order valence-corrected chi connectivity index (χ4v) is 3.93. The van der Waals surface area contributed by atoms with E-state index in [1.807, 2.05) is 0 Å². The van der Waals surface area contributed by atoms with E-state index in [0.717, 1.165) is 19.1 Å². The van der Waals surface area contributed by atoms with E-state index in [1.54, 1.807) is 0 Å². The molecule has 0 heterocycles. The molecule has 0 radical (unpaired) electrons. The highest BCUT2D eigenvalue weighted by Crippen LogP contribution is 2.31. The van der Waals surface area contributed by atoms with Crippen LogP contribution in [0, 0.1) is 5.82 Å². The second-order valence-electron chi connectivity index (χ2n) is 4.86. The Kier molecular flexibility index (Phi) is 5.37. The summed E-state index contributed by atoms with van der Waals surface area (Å²) in [5.74, 6) is -2.35. The molecule has 1 unspecified atom stereocenters. The van der Waals surface area contributed by atoms with Gasteiger partial charge in [0.25, 0.3) is 10.0 Å². The lowest BCUT2D eigenvalue weighted by molar-refractivity contribution is -0.137.